The van der Waals surface area contributed by atoms with Crippen LogP contribution in [0, 0.1) is 5.41 Å². The Morgan fingerprint density at radius 2 is 2.17 bits per heavy atom. The van der Waals surface area contributed by atoms with Gasteiger partial charge in [-0.25, -0.2) is 4.98 Å². The molecule has 4 N–H and O–H groups in total. The van der Waals surface area contributed by atoms with Crippen molar-refractivity contribution in [1.82, 2.24) is 9.97 Å². The summed E-state index contributed by atoms with van der Waals surface area (Å²) in [5.41, 5.74) is 6.64. The Kier molecular flexibility index (Phi) is 2.34. The highest BCUT2D eigenvalue weighted by molar-refractivity contribution is 7.80. The highest BCUT2D eigenvalue weighted by Gasteiger charge is 2.52. The first-order valence-electron chi connectivity index (χ1n) is 5.68. The van der Waals surface area contributed by atoms with Crippen LogP contribution in [-0.2, 0) is 4.79 Å². The van der Waals surface area contributed by atoms with Crippen LogP contribution in [0.1, 0.15) is 12.8 Å². The van der Waals surface area contributed by atoms with Gasteiger partial charge in [-0.2, -0.15) is 0 Å². The molecule has 0 saturated heterocycles. The first kappa shape index (κ1) is 11.2. The van der Waals surface area contributed by atoms with Gasteiger partial charge in [0.2, 0.25) is 11.9 Å². The average Bonchev–Trinajstić information content (AvgIpc) is 3.05. The van der Waals surface area contributed by atoms with Gasteiger partial charge in [0, 0.05) is 0 Å². The van der Waals surface area contributed by atoms with Crippen LogP contribution >= 0.6 is 12.2 Å². The zero-order valence-electron chi connectivity index (χ0n) is 9.56. The van der Waals surface area contributed by atoms with Gasteiger partial charge in [-0.15, -0.1) is 0 Å². The van der Waals surface area contributed by atoms with Crippen molar-refractivity contribution in [3.8, 4) is 0 Å². The molecule has 1 amide bonds. The summed E-state index contributed by atoms with van der Waals surface area (Å²) in [6, 6.07) is 7.58. The van der Waals surface area contributed by atoms with Gasteiger partial charge in [0.05, 0.1) is 21.4 Å². The summed E-state index contributed by atoms with van der Waals surface area (Å²) in [6.07, 6.45) is 1.43. The van der Waals surface area contributed by atoms with Crippen molar-refractivity contribution < 1.29 is 4.79 Å². The summed E-state index contributed by atoms with van der Waals surface area (Å²) in [5.74, 6) is 0.262. The number of anilines is 1. The number of nitrogens with zero attached hydrogens (tertiary/aromatic N) is 1. The van der Waals surface area contributed by atoms with Gasteiger partial charge >= 0.3 is 0 Å². The normalized spacial score (nSPS) is 16.4. The number of rotatable bonds is 3. The van der Waals surface area contributed by atoms with Crippen molar-refractivity contribution in [3.63, 3.8) is 0 Å². The van der Waals surface area contributed by atoms with E-state index in [0.29, 0.717) is 18.8 Å². The molecule has 1 fully saturated rings. The van der Waals surface area contributed by atoms with E-state index in [2.05, 4.69) is 15.3 Å². The quantitative estimate of drug-likeness (QED) is 0.731. The van der Waals surface area contributed by atoms with Gasteiger partial charge in [-0.05, 0) is 25.0 Å². The van der Waals surface area contributed by atoms with Crippen LogP contribution in [0.3, 0.4) is 0 Å². The van der Waals surface area contributed by atoms with Gasteiger partial charge in [0.1, 0.15) is 0 Å². The molecule has 1 saturated carbocycles. The van der Waals surface area contributed by atoms with Crippen molar-refractivity contribution >= 4 is 40.1 Å². The maximum Gasteiger partial charge on any atom is 0.239 e. The number of benzene rings is 1. The summed E-state index contributed by atoms with van der Waals surface area (Å²) in [5, 5.41) is 2.74. The second-order valence-corrected chi connectivity index (χ2v) is 4.94. The van der Waals surface area contributed by atoms with E-state index in [1.54, 1.807) is 0 Å². The van der Waals surface area contributed by atoms with E-state index in [9.17, 15) is 4.79 Å². The third-order valence-corrected chi connectivity index (χ3v) is 3.67. The molecule has 1 aromatic carbocycles. The number of H-pyrrole nitrogens is 1. The minimum atomic E-state index is -0.658. The molecule has 0 bridgehead atoms. The first-order chi connectivity index (χ1) is 8.62. The lowest BCUT2D eigenvalue weighted by Gasteiger charge is -2.11. The van der Waals surface area contributed by atoms with Crippen LogP contribution in [0.25, 0.3) is 11.0 Å². The van der Waals surface area contributed by atoms with Gasteiger partial charge in [0.15, 0.2) is 0 Å². The molecule has 18 heavy (non-hydrogen) atoms. The highest BCUT2D eigenvalue weighted by Crippen LogP contribution is 2.46. The molecule has 0 aliphatic heterocycles. The fourth-order valence-electron chi connectivity index (χ4n) is 1.95. The topological polar surface area (TPSA) is 83.8 Å². The molecule has 1 heterocycles. The minimum absolute atomic E-state index is 0.172. The molecule has 0 atom stereocenters. The number of aromatic nitrogens is 2. The zero-order valence-corrected chi connectivity index (χ0v) is 10.4. The first-order valence-corrected chi connectivity index (χ1v) is 6.09. The van der Waals surface area contributed by atoms with Crippen LogP contribution < -0.4 is 11.1 Å². The maximum absolute atomic E-state index is 12.1. The van der Waals surface area contributed by atoms with Crippen LogP contribution in [0.4, 0.5) is 5.95 Å². The van der Waals surface area contributed by atoms with Crippen molar-refractivity contribution in [2.45, 2.75) is 12.8 Å². The number of para-hydroxylation sites is 2. The van der Waals surface area contributed by atoms with Crippen molar-refractivity contribution in [2.75, 3.05) is 5.32 Å². The lowest BCUT2D eigenvalue weighted by atomic mass is 10.1. The third kappa shape index (κ3) is 1.65. The fraction of sp³-hybridized carbons (Fsp3) is 0.250. The summed E-state index contributed by atoms with van der Waals surface area (Å²) < 4.78 is 0. The van der Waals surface area contributed by atoms with E-state index in [-0.39, 0.29) is 10.9 Å². The average molecular weight is 260 g/mol. The van der Waals surface area contributed by atoms with E-state index in [4.69, 9.17) is 18.0 Å². The Balaban J connectivity index is 1.84. The minimum Gasteiger partial charge on any atom is -0.392 e. The lowest BCUT2D eigenvalue weighted by Crippen LogP contribution is -2.35. The van der Waals surface area contributed by atoms with Gasteiger partial charge < -0.3 is 10.7 Å². The van der Waals surface area contributed by atoms with E-state index in [0.717, 1.165) is 11.0 Å². The molecule has 3 rings (SSSR count). The molecule has 0 unspecified atom stereocenters. The number of carbonyl (C=O) groups is 1. The molecular weight excluding hydrogens is 248 g/mol. The predicted molar refractivity (Wildman–Crippen MR) is 73.2 cm³/mol. The number of aromatic amines is 1. The summed E-state index contributed by atoms with van der Waals surface area (Å²) in [7, 11) is 0. The number of nitrogens with one attached hydrogen (secondary N) is 2. The maximum atomic E-state index is 12.1. The number of hydrogen-bond acceptors (Lipinski definition) is 3. The van der Waals surface area contributed by atoms with Gasteiger partial charge in [-0.1, -0.05) is 24.4 Å². The SMILES string of the molecule is NC(=S)C1(C(=O)Nc2nc3ccccc3[nH]2)CC1. The van der Waals surface area contributed by atoms with E-state index >= 15 is 0 Å². The van der Waals surface area contributed by atoms with E-state index < -0.39 is 5.41 Å². The zero-order chi connectivity index (χ0) is 12.8. The van der Waals surface area contributed by atoms with Crippen molar-refractivity contribution in [2.24, 2.45) is 11.1 Å². The molecular formula is C12H12N4OS. The van der Waals surface area contributed by atoms with Gasteiger partial charge in [-0.3, -0.25) is 10.1 Å². The summed E-state index contributed by atoms with van der Waals surface area (Å²) >= 11 is 4.94. The smallest absolute Gasteiger partial charge is 0.239 e. The summed E-state index contributed by atoms with van der Waals surface area (Å²) in [6.45, 7) is 0. The molecule has 6 heteroatoms. The number of hydrogen-bond donors (Lipinski definition) is 3. The number of fused-ring (bicyclic) bond motifs is 1. The molecule has 1 aromatic heterocycles. The Bertz CT molecular complexity index is 611. The third-order valence-electron chi connectivity index (χ3n) is 3.28. The van der Waals surface area contributed by atoms with E-state index in [1.165, 1.54) is 0 Å². The fourth-order valence-corrected chi connectivity index (χ4v) is 2.25. The van der Waals surface area contributed by atoms with E-state index in [1.807, 2.05) is 24.3 Å². The van der Waals surface area contributed by atoms with Crippen molar-refractivity contribution in [3.05, 3.63) is 24.3 Å². The molecule has 1 aliphatic carbocycles. The van der Waals surface area contributed by atoms with Gasteiger partial charge in [0.25, 0.3) is 0 Å². The number of amides is 1. The number of carbonyl (C=O) groups excluding carboxylic acids is 1. The second-order valence-electron chi connectivity index (χ2n) is 4.50. The molecule has 92 valence electrons. The number of imidazole rings is 1. The largest absolute Gasteiger partial charge is 0.392 e. The monoisotopic (exact) mass is 260 g/mol. The Morgan fingerprint density at radius 3 is 2.78 bits per heavy atom. The Morgan fingerprint density at radius 1 is 1.44 bits per heavy atom. The van der Waals surface area contributed by atoms with Crippen molar-refractivity contribution in [1.29, 1.82) is 0 Å². The number of thiocarbonyl (C=S) groups is 1. The lowest BCUT2D eigenvalue weighted by molar-refractivity contribution is -0.118. The summed E-state index contributed by atoms with van der Waals surface area (Å²) in [4.78, 5) is 19.7. The molecule has 0 spiro atoms. The predicted octanol–water partition coefficient (Wildman–Crippen LogP) is 1.57. The molecule has 0 radical (unpaired) electrons. The highest BCUT2D eigenvalue weighted by atomic mass is 32.1. The molecule has 5 nitrogen and oxygen atoms in total. The standard InChI is InChI=1S/C12H12N4OS/c13-9(18)12(5-6-12)10(17)16-11-14-7-3-1-2-4-8(7)15-11/h1-4H,5-6H2,(H2,13,18)(H2,14,15,16,17). The van der Waals surface area contributed by atoms with Crippen LogP contribution in [-0.4, -0.2) is 20.9 Å². The van der Waals surface area contributed by atoms with Crippen LogP contribution in [0.15, 0.2) is 24.3 Å². The second kappa shape index (κ2) is 3.78. The Hall–Kier alpha value is -1.95. The number of nitrogens with two attached hydrogens (primary N) is 1. The molecule has 2 aromatic rings. The molecule has 1 aliphatic rings. The Labute approximate surface area is 109 Å². The van der Waals surface area contributed by atoms with Crippen LogP contribution in [0.5, 0.6) is 0 Å². The van der Waals surface area contributed by atoms with Crippen LogP contribution in [0.2, 0.25) is 0 Å².